The molecule has 1 aliphatic carbocycles. The molecule has 2 atom stereocenters. The number of hydrogen-bond acceptors (Lipinski definition) is 5. The van der Waals surface area contributed by atoms with Crippen LogP contribution >= 0.6 is 12.4 Å². The van der Waals surface area contributed by atoms with Crippen LogP contribution < -0.4 is 5.32 Å². The predicted molar refractivity (Wildman–Crippen MR) is 107 cm³/mol. The lowest BCUT2D eigenvalue weighted by Crippen LogP contribution is -2.37. The quantitative estimate of drug-likeness (QED) is 0.706. The molecule has 1 heterocycles. The van der Waals surface area contributed by atoms with E-state index in [4.69, 9.17) is 0 Å². The van der Waals surface area contributed by atoms with Gasteiger partial charge in [0, 0.05) is 32.9 Å². The average molecular weight is 432 g/mol. The summed E-state index contributed by atoms with van der Waals surface area (Å²) in [5.41, 5.74) is -0.324. The van der Waals surface area contributed by atoms with E-state index < -0.39 is 21.4 Å². The van der Waals surface area contributed by atoms with Gasteiger partial charge in [-0.3, -0.25) is 14.5 Å². The second-order valence-corrected chi connectivity index (χ2v) is 9.74. The fourth-order valence-corrected chi connectivity index (χ4v) is 5.16. The third-order valence-corrected chi connectivity index (χ3v) is 7.44. The molecule has 0 spiro atoms. The van der Waals surface area contributed by atoms with Crippen molar-refractivity contribution < 1.29 is 23.1 Å². The molecular formula is C18H26ClN3O5S. The maximum absolute atomic E-state index is 12.4. The molecule has 0 bridgehead atoms. The first-order valence-electron chi connectivity index (χ1n) is 8.93. The molecule has 1 aromatic rings. The molecule has 2 fully saturated rings. The van der Waals surface area contributed by atoms with Crippen molar-refractivity contribution in [1.82, 2.24) is 9.21 Å². The highest BCUT2D eigenvalue weighted by Crippen LogP contribution is 2.48. The highest BCUT2D eigenvalue weighted by molar-refractivity contribution is 7.89. The van der Waals surface area contributed by atoms with E-state index in [0.717, 1.165) is 17.1 Å². The van der Waals surface area contributed by atoms with Crippen molar-refractivity contribution in [3.8, 4) is 0 Å². The molecule has 0 unspecified atom stereocenters. The van der Waals surface area contributed by atoms with Gasteiger partial charge in [0.25, 0.3) is 0 Å². The Bertz CT molecular complexity index is 861. The van der Waals surface area contributed by atoms with Gasteiger partial charge >= 0.3 is 5.97 Å². The molecule has 10 heteroatoms. The van der Waals surface area contributed by atoms with Crippen LogP contribution in [0.1, 0.15) is 19.3 Å². The number of rotatable bonds is 6. The Hall–Kier alpha value is -1.68. The molecule has 8 nitrogen and oxygen atoms in total. The number of amides is 1. The van der Waals surface area contributed by atoms with Gasteiger partial charge in [-0.2, -0.15) is 0 Å². The Kier molecular flexibility index (Phi) is 6.75. The number of nitrogens with one attached hydrogen (secondary N) is 1. The largest absolute Gasteiger partial charge is 0.481 e. The Morgan fingerprint density at radius 2 is 2.07 bits per heavy atom. The number of sulfonamides is 1. The van der Waals surface area contributed by atoms with Crippen molar-refractivity contribution in [2.45, 2.75) is 24.2 Å². The van der Waals surface area contributed by atoms with E-state index in [1.54, 1.807) is 12.1 Å². The summed E-state index contributed by atoms with van der Waals surface area (Å²) in [5, 5.41) is 12.3. The lowest BCUT2D eigenvalue weighted by molar-refractivity contribution is -0.149. The van der Waals surface area contributed by atoms with E-state index in [0.29, 0.717) is 25.2 Å². The van der Waals surface area contributed by atoms with Crippen molar-refractivity contribution in [2.75, 3.05) is 39.0 Å². The SMILES string of the molecule is CN(C)S(=O)(=O)c1cccc(NC(=O)CN2C[C@@H]3CCC[C@@]3(C(=O)O)C2)c1.Cl. The fourth-order valence-electron chi connectivity index (χ4n) is 4.21. The predicted octanol–water partition coefficient (Wildman–Crippen LogP) is 1.48. The topological polar surface area (TPSA) is 107 Å². The van der Waals surface area contributed by atoms with Crippen LogP contribution in [0.2, 0.25) is 0 Å². The first kappa shape index (κ1) is 22.6. The second-order valence-electron chi connectivity index (χ2n) is 7.58. The highest BCUT2D eigenvalue weighted by atomic mass is 35.5. The summed E-state index contributed by atoms with van der Waals surface area (Å²) in [4.78, 5) is 26.1. The molecule has 1 aromatic carbocycles. The average Bonchev–Trinajstić information content (AvgIpc) is 3.12. The van der Waals surface area contributed by atoms with Gasteiger partial charge in [0.15, 0.2) is 0 Å². The van der Waals surface area contributed by atoms with Gasteiger partial charge in [-0.05, 0) is 37.0 Å². The molecule has 1 saturated carbocycles. The number of benzene rings is 1. The van der Waals surface area contributed by atoms with Gasteiger partial charge in [-0.1, -0.05) is 12.5 Å². The van der Waals surface area contributed by atoms with Crippen molar-refractivity contribution in [3.63, 3.8) is 0 Å². The summed E-state index contributed by atoms with van der Waals surface area (Å²) in [6, 6.07) is 6.10. The molecule has 1 aliphatic heterocycles. The number of carboxylic acids is 1. The smallest absolute Gasteiger partial charge is 0.311 e. The van der Waals surface area contributed by atoms with Crippen LogP contribution in [0.5, 0.6) is 0 Å². The number of carbonyl (C=O) groups excluding carboxylic acids is 1. The van der Waals surface area contributed by atoms with Crippen molar-refractivity contribution in [1.29, 1.82) is 0 Å². The Labute approximate surface area is 171 Å². The summed E-state index contributed by atoms with van der Waals surface area (Å²) in [5.74, 6) is -0.958. The van der Waals surface area contributed by atoms with E-state index in [2.05, 4.69) is 5.32 Å². The van der Waals surface area contributed by atoms with Crippen LogP contribution in [-0.2, 0) is 19.6 Å². The molecule has 1 saturated heterocycles. The van der Waals surface area contributed by atoms with Gasteiger partial charge in [0.05, 0.1) is 16.9 Å². The lowest BCUT2D eigenvalue weighted by atomic mass is 9.81. The Morgan fingerprint density at radius 1 is 1.36 bits per heavy atom. The van der Waals surface area contributed by atoms with Crippen LogP contribution in [0, 0.1) is 11.3 Å². The van der Waals surface area contributed by atoms with E-state index in [-0.39, 0.29) is 35.7 Å². The van der Waals surface area contributed by atoms with E-state index in [1.165, 1.54) is 26.2 Å². The first-order chi connectivity index (χ1) is 12.6. The first-order valence-corrected chi connectivity index (χ1v) is 10.4. The molecule has 0 aromatic heterocycles. The molecule has 1 amide bonds. The van der Waals surface area contributed by atoms with Crippen LogP contribution in [0.25, 0.3) is 0 Å². The number of nitrogens with zero attached hydrogens (tertiary/aromatic N) is 2. The molecule has 2 aliphatic rings. The zero-order chi connectivity index (χ0) is 19.8. The number of aliphatic carboxylic acids is 1. The minimum absolute atomic E-state index is 0. The number of carbonyl (C=O) groups is 2. The second kappa shape index (κ2) is 8.36. The van der Waals surface area contributed by atoms with Crippen LogP contribution in [0.15, 0.2) is 29.2 Å². The third kappa shape index (κ3) is 4.17. The minimum atomic E-state index is -3.58. The summed E-state index contributed by atoms with van der Waals surface area (Å²) in [6.45, 7) is 1.08. The van der Waals surface area contributed by atoms with Gasteiger partial charge < -0.3 is 10.4 Å². The summed E-state index contributed by atoms with van der Waals surface area (Å²) in [7, 11) is -0.684. The number of likely N-dealkylation sites (tertiary alicyclic amines) is 1. The maximum Gasteiger partial charge on any atom is 0.311 e. The summed E-state index contributed by atoms with van der Waals surface area (Å²) in [6.07, 6.45) is 2.47. The molecule has 156 valence electrons. The lowest BCUT2D eigenvalue weighted by Gasteiger charge is -2.23. The van der Waals surface area contributed by atoms with Gasteiger partial charge in [0.2, 0.25) is 15.9 Å². The van der Waals surface area contributed by atoms with E-state index in [9.17, 15) is 23.1 Å². The van der Waals surface area contributed by atoms with Gasteiger partial charge in [-0.15, -0.1) is 12.4 Å². The Balaban J connectivity index is 0.00000280. The van der Waals surface area contributed by atoms with Gasteiger partial charge in [0.1, 0.15) is 0 Å². The van der Waals surface area contributed by atoms with E-state index in [1.807, 2.05) is 4.90 Å². The number of halogens is 1. The van der Waals surface area contributed by atoms with Crippen LogP contribution in [-0.4, -0.2) is 68.3 Å². The molecule has 0 radical (unpaired) electrons. The number of fused-ring (bicyclic) bond motifs is 1. The highest BCUT2D eigenvalue weighted by Gasteiger charge is 2.54. The number of carboxylic acid groups (broad SMARTS) is 1. The van der Waals surface area contributed by atoms with Crippen LogP contribution in [0.4, 0.5) is 5.69 Å². The monoisotopic (exact) mass is 431 g/mol. The number of hydrogen-bond donors (Lipinski definition) is 2. The zero-order valence-electron chi connectivity index (χ0n) is 15.9. The molecule has 2 N–H and O–H groups in total. The summed E-state index contributed by atoms with van der Waals surface area (Å²) >= 11 is 0. The zero-order valence-corrected chi connectivity index (χ0v) is 17.6. The van der Waals surface area contributed by atoms with Crippen molar-refractivity contribution >= 4 is 40.0 Å². The fraction of sp³-hybridized carbons (Fsp3) is 0.556. The summed E-state index contributed by atoms with van der Waals surface area (Å²) < 4.78 is 25.5. The Morgan fingerprint density at radius 3 is 2.68 bits per heavy atom. The van der Waals surface area contributed by atoms with Gasteiger partial charge in [-0.25, -0.2) is 12.7 Å². The van der Waals surface area contributed by atoms with Crippen molar-refractivity contribution in [2.24, 2.45) is 11.3 Å². The maximum atomic E-state index is 12.4. The minimum Gasteiger partial charge on any atom is -0.481 e. The normalized spacial score (nSPS) is 24.6. The van der Waals surface area contributed by atoms with Crippen molar-refractivity contribution in [3.05, 3.63) is 24.3 Å². The third-order valence-electron chi connectivity index (χ3n) is 5.63. The van der Waals surface area contributed by atoms with E-state index >= 15 is 0 Å². The molecule has 28 heavy (non-hydrogen) atoms. The molecule has 3 rings (SSSR count). The standard InChI is InChI=1S/C18H25N3O5S.ClH/c1-20(2)27(25,26)15-7-3-6-14(9-15)19-16(22)11-21-10-13-5-4-8-18(13,12-21)17(23)24;/h3,6-7,9,13H,4-5,8,10-12H2,1-2H3,(H,19,22)(H,23,24);1H/t13-,18+;/m0./s1. The van der Waals surface area contributed by atoms with Crippen LogP contribution in [0.3, 0.4) is 0 Å². The molecular weight excluding hydrogens is 406 g/mol. The number of anilines is 1.